The van der Waals surface area contributed by atoms with Crippen LogP contribution in [0.25, 0.3) is 11.1 Å². The second-order valence-electron chi connectivity index (χ2n) is 10.8. The summed E-state index contributed by atoms with van der Waals surface area (Å²) in [6.45, 7) is 1.96. The van der Waals surface area contributed by atoms with Gasteiger partial charge in [0.15, 0.2) is 0 Å². The lowest BCUT2D eigenvalue weighted by Crippen LogP contribution is -2.48. The number of nitrogens with one attached hydrogen (secondary N) is 2. The second kappa shape index (κ2) is 13.3. The largest absolute Gasteiger partial charge is 0.495 e. The fourth-order valence-electron chi connectivity index (χ4n) is 4.92. The minimum Gasteiger partial charge on any atom is -0.495 e. The lowest BCUT2D eigenvalue weighted by Gasteiger charge is -2.36. The molecule has 1 heterocycles. The standard InChI is InChI=1S/C32H37N3O5/c1-35(2)18-16-26(17-19-35)40-32(38)34-29-20-23(12-14-27(29)25-9-5-4-6-10-25)8-7-11-31(37)33-28-15-13-24(22-36)21-30(28)39-3/h4-6,9-10,12-15,20-22,26H,7-8,11,16-19H2,1-3H3,(H-,33,34,36,37,38)/p+1. The number of ether oxygens (including phenoxy) is 2. The molecule has 2 amide bonds. The maximum absolute atomic E-state index is 12.9. The molecule has 3 aromatic rings. The Bertz CT molecular complexity index is 1330. The Morgan fingerprint density at radius 2 is 1.70 bits per heavy atom. The number of amides is 2. The van der Waals surface area contributed by atoms with Gasteiger partial charge in [0, 0.05) is 30.4 Å². The number of carbonyl (C=O) groups excluding carboxylic acids is 3. The van der Waals surface area contributed by atoms with E-state index >= 15 is 0 Å². The fourth-order valence-corrected chi connectivity index (χ4v) is 4.92. The topological polar surface area (TPSA) is 93.7 Å². The normalized spacial score (nSPS) is 14.7. The highest BCUT2D eigenvalue weighted by Crippen LogP contribution is 2.30. The maximum Gasteiger partial charge on any atom is 0.411 e. The third-order valence-corrected chi connectivity index (χ3v) is 7.30. The van der Waals surface area contributed by atoms with Crippen molar-refractivity contribution in [3.05, 3.63) is 77.9 Å². The molecule has 8 nitrogen and oxygen atoms in total. The van der Waals surface area contributed by atoms with E-state index in [1.165, 1.54) is 7.11 Å². The van der Waals surface area contributed by atoms with Crippen LogP contribution in [0, 0.1) is 0 Å². The Labute approximate surface area is 235 Å². The van der Waals surface area contributed by atoms with E-state index in [0.29, 0.717) is 42.0 Å². The van der Waals surface area contributed by atoms with Crippen molar-refractivity contribution >= 4 is 29.7 Å². The minimum absolute atomic E-state index is 0.0821. The van der Waals surface area contributed by atoms with Crippen molar-refractivity contribution in [1.29, 1.82) is 0 Å². The maximum atomic E-state index is 12.9. The molecule has 0 unspecified atom stereocenters. The van der Waals surface area contributed by atoms with Crippen molar-refractivity contribution in [2.45, 2.75) is 38.2 Å². The molecule has 8 heteroatoms. The van der Waals surface area contributed by atoms with Gasteiger partial charge in [-0.3, -0.25) is 14.9 Å². The fraction of sp³-hybridized carbons (Fsp3) is 0.344. The zero-order valence-electron chi connectivity index (χ0n) is 23.4. The van der Waals surface area contributed by atoms with E-state index < -0.39 is 6.09 Å². The summed E-state index contributed by atoms with van der Waals surface area (Å²) in [7, 11) is 5.89. The molecular weight excluding hydrogens is 506 g/mol. The summed E-state index contributed by atoms with van der Waals surface area (Å²) < 4.78 is 12.0. The third-order valence-electron chi connectivity index (χ3n) is 7.30. The van der Waals surface area contributed by atoms with Crippen LogP contribution in [0.1, 0.15) is 41.6 Å². The Kier molecular flexibility index (Phi) is 9.56. The number of quaternary nitrogens is 1. The first-order valence-corrected chi connectivity index (χ1v) is 13.7. The molecular formula is C32H38N3O5+. The summed E-state index contributed by atoms with van der Waals surface area (Å²) in [5, 5.41) is 5.84. The molecule has 210 valence electrons. The van der Waals surface area contributed by atoms with Gasteiger partial charge >= 0.3 is 6.09 Å². The quantitative estimate of drug-likeness (QED) is 0.244. The number of aldehydes is 1. The van der Waals surface area contributed by atoms with E-state index in [4.69, 9.17) is 9.47 Å². The summed E-state index contributed by atoms with van der Waals surface area (Å²) in [4.78, 5) is 36.5. The van der Waals surface area contributed by atoms with Crippen LogP contribution in [0.5, 0.6) is 5.75 Å². The summed E-state index contributed by atoms with van der Waals surface area (Å²) in [5.41, 5.74) is 4.60. The molecule has 2 N–H and O–H groups in total. The molecule has 0 aliphatic carbocycles. The van der Waals surface area contributed by atoms with Crippen LogP contribution in [0.4, 0.5) is 16.2 Å². The first kappa shape index (κ1) is 28.8. The third kappa shape index (κ3) is 7.93. The smallest absolute Gasteiger partial charge is 0.411 e. The van der Waals surface area contributed by atoms with Crippen LogP contribution >= 0.6 is 0 Å². The van der Waals surface area contributed by atoms with Crippen LogP contribution in [0.3, 0.4) is 0 Å². The number of anilines is 2. The summed E-state index contributed by atoms with van der Waals surface area (Å²) in [6, 6.07) is 20.8. The summed E-state index contributed by atoms with van der Waals surface area (Å²) in [5.74, 6) is 0.294. The first-order valence-electron chi connectivity index (χ1n) is 13.7. The average molecular weight is 545 g/mol. The Hall–Kier alpha value is -4.17. The molecule has 0 spiro atoms. The molecule has 1 saturated heterocycles. The average Bonchev–Trinajstić information content (AvgIpc) is 2.95. The van der Waals surface area contributed by atoms with Crippen molar-refractivity contribution in [2.24, 2.45) is 0 Å². The number of carbonyl (C=O) groups is 3. The number of hydrogen-bond acceptors (Lipinski definition) is 5. The molecule has 3 aromatic carbocycles. The van der Waals surface area contributed by atoms with Crippen LogP contribution in [-0.4, -0.2) is 63.2 Å². The summed E-state index contributed by atoms with van der Waals surface area (Å²) >= 11 is 0. The number of methoxy groups -OCH3 is 1. The van der Waals surface area contributed by atoms with Gasteiger partial charge in [-0.25, -0.2) is 4.79 Å². The second-order valence-corrected chi connectivity index (χ2v) is 10.8. The molecule has 1 aliphatic heterocycles. The van der Waals surface area contributed by atoms with Crippen LogP contribution in [0.2, 0.25) is 0 Å². The van der Waals surface area contributed by atoms with E-state index in [1.807, 2.05) is 48.5 Å². The number of benzene rings is 3. The molecule has 1 aliphatic rings. The zero-order valence-corrected chi connectivity index (χ0v) is 23.4. The van der Waals surface area contributed by atoms with E-state index in [2.05, 4.69) is 24.7 Å². The van der Waals surface area contributed by atoms with Crippen molar-refractivity contribution in [1.82, 2.24) is 0 Å². The molecule has 40 heavy (non-hydrogen) atoms. The first-order chi connectivity index (χ1) is 19.3. The lowest BCUT2D eigenvalue weighted by molar-refractivity contribution is -0.896. The SMILES string of the molecule is COc1cc(C=O)ccc1NC(=O)CCCc1ccc(-c2ccccc2)c(NC(=O)OC2CC[N+](C)(C)CC2)c1. The van der Waals surface area contributed by atoms with Crippen LogP contribution < -0.4 is 15.4 Å². The molecule has 0 radical (unpaired) electrons. The van der Waals surface area contributed by atoms with Gasteiger partial charge in [0.2, 0.25) is 5.91 Å². The van der Waals surface area contributed by atoms with Gasteiger partial charge in [-0.1, -0.05) is 42.5 Å². The number of nitrogens with zero attached hydrogens (tertiary/aromatic N) is 1. The van der Waals surface area contributed by atoms with E-state index in [-0.39, 0.29) is 12.0 Å². The highest BCUT2D eigenvalue weighted by Gasteiger charge is 2.28. The predicted octanol–water partition coefficient (Wildman–Crippen LogP) is 5.92. The highest BCUT2D eigenvalue weighted by atomic mass is 16.6. The Morgan fingerprint density at radius 1 is 0.950 bits per heavy atom. The van der Waals surface area contributed by atoms with E-state index in [0.717, 1.165) is 53.4 Å². The number of rotatable bonds is 10. The highest BCUT2D eigenvalue weighted by molar-refractivity contribution is 5.93. The Balaban J connectivity index is 1.39. The molecule has 0 atom stereocenters. The van der Waals surface area contributed by atoms with Crippen molar-refractivity contribution in [3.63, 3.8) is 0 Å². The number of piperidine rings is 1. The number of aryl methyl sites for hydroxylation is 1. The molecule has 4 rings (SSSR count). The van der Waals surface area contributed by atoms with Crippen molar-refractivity contribution in [2.75, 3.05) is 44.9 Å². The lowest BCUT2D eigenvalue weighted by atomic mass is 9.99. The minimum atomic E-state index is -0.444. The van der Waals surface area contributed by atoms with Crippen molar-refractivity contribution < 1.29 is 28.3 Å². The predicted molar refractivity (Wildman–Crippen MR) is 157 cm³/mol. The van der Waals surface area contributed by atoms with Gasteiger partial charge in [-0.15, -0.1) is 0 Å². The van der Waals surface area contributed by atoms with Gasteiger partial charge in [0.1, 0.15) is 18.1 Å². The zero-order chi connectivity index (χ0) is 28.5. The van der Waals surface area contributed by atoms with E-state index in [9.17, 15) is 14.4 Å². The summed E-state index contributed by atoms with van der Waals surface area (Å²) in [6.07, 6.45) is 3.48. The molecule has 0 saturated carbocycles. The van der Waals surface area contributed by atoms with Gasteiger partial charge in [-0.2, -0.15) is 0 Å². The van der Waals surface area contributed by atoms with Gasteiger partial charge in [0.05, 0.1) is 45.7 Å². The molecule has 0 aromatic heterocycles. The van der Waals surface area contributed by atoms with E-state index in [1.54, 1.807) is 18.2 Å². The van der Waals surface area contributed by atoms with Gasteiger partial charge < -0.3 is 19.3 Å². The van der Waals surface area contributed by atoms with Crippen molar-refractivity contribution in [3.8, 4) is 16.9 Å². The molecule has 0 bridgehead atoms. The number of hydrogen-bond donors (Lipinski definition) is 2. The van der Waals surface area contributed by atoms with Gasteiger partial charge in [-0.05, 0) is 48.2 Å². The van der Waals surface area contributed by atoms with Crippen LogP contribution in [-0.2, 0) is 16.0 Å². The number of likely N-dealkylation sites (tertiary alicyclic amines) is 1. The van der Waals surface area contributed by atoms with Gasteiger partial charge in [0.25, 0.3) is 0 Å². The van der Waals surface area contributed by atoms with Crippen LogP contribution in [0.15, 0.2) is 66.7 Å². The monoisotopic (exact) mass is 544 g/mol. The molecule has 1 fully saturated rings. The Morgan fingerprint density at radius 3 is 2.40 bits per heavy atom.